The normalized spacial score (nSPS) is 12.9. The second kappa shape index (κ2) is 5.31. The van der Waals surface area contributed by atoms with Gasteiger partial charge in [0.05, 0.1) is 0 Å². The van der Waals surface area contributed by atoms with Gasteiger partial charge in [0.2, 0.25) is 0 Å². The third-order valence-electron chi connectivity index (χ3n) is 3.14. The molecule has 96 valence electrons. The van der Waals surface area contributed by atoms with E-state index in [0.717, 1.165) is 5.82 Å². The van der Waals surface area contributed by atoms with Crippen molar-refractivity contribution >= 4 is 0 Å². The molecule has 1 aromatic heterocycles. The highest BCUT2D eigenvalue weighted by Gasteiger charge is 2.20. The quantitative estimate of drug-likeness (QED) is 0.900. The maximum Gasteiger partial charge on any atom is 0.159 e. The summed E-state index contributed by atoms with van der Waals surface area (Å²) in [5, 5.41) is 17.6. The van der Waals surface area contributed by atoms with Crippen LogP contribution in [-0.4, -0.2) is 19.9 Å². The molecule has 1 atom stereocenters. The summed E-state index contributed by atoms with van der Waals surface area (Å²) >= 11 is 0. The number of nitrogens with zero attached hydrogens (tertiary/aromatic N) is 3. The molecule has 0 aliphatic heterocycles. The van der Waals surface area contributed by atoms with Gasteiger partial charge in [0.1, 0.15) is 12.4 Å². The number of rotatable bonds is 4. The van der Waals surface area contributed by atoms with E-state index in [0.29, 0.717) is 5.82 Å². The summed E-state index contributed by atoms with van der Waals surface area (Å²) in [6, 6.07) is 10.5. The molecule has 18 heavy (non-hydrogen) atoms. The Morgan fingerprint density at radius 1 is 1.11 bits per heavy atom. The van der Waals surface area contributed by atoms with Crippen molar-refractivity contribution in [2.24, 2.45) is 0 Å². The first-order valence-corrected chi connectivity index (χ1v) is 6.24. The molecule has 1 heterocycles. The summed E-state index contributed by atoms with van der Waals surface area (Å²) in [4.78, 5) is 0. The number of benzene rings is 1. The van der Waals surface area contributed by atoms with Gasteiger partial charge < -0.3 is 9.67 Å². The van der Waals surface area contributed by atoms with Crippen molar-refractivity contribution in [3.8, 4) is 0 Å². The monoisotopic (exact) mass is 245 g/mol. The highest BCUT2D eigenvalue weighted by molar-refractivity contribution is 5.25. The molecule has 1 aromatic carbocycles. The number of hydrogen-bond donors (Lipinski definition) is 1. The summed E-state index contributed by atoms with van der Waals surface area (Å²) in [5.74, 6) is 1.70. The van der Waals surface area contributed by atoms with Gasteiger partial charge in [0, 0.05) is 12.0 Å². The standard InChI is InChI=1S/C14H19N3O/c1-10(2)17-13(9-18)15-16-14(17)11(3)12-7-5-4-6-8-12/h4-8,10-11,18H,9H2,1-3H3. The summed E-state index contributed by atoms with van der Waals surface area (Å²) < 4.78 is 2.01. The van der Waals surface area contributed by atoms with Crippen molar-refractivity contribution in [2.75, 3.05) is 0 Å². The van der Waals surface area contributed by atoms with Crippen LogP contribution in [0.4, 0.5) is 0 Å². The van der Waals surface area contributed by atoms with E-state index in [1.54, 1.807) is 0 Å². The molecule has 0 bridgehead atoms. The zero-order valence-corrected chi connectivity index (χ0v) is 11.0. The lowest BCUT2D eigenvalue weighted by atomic mass is 10.0. The number of hydrogen-bond acceptors (Lipinski definition) is 3. The molecule has 4 heteroatoms. The Bertz CT molecular complexity index is 505. The molecule has 4 nitrogen and oxygen atoms in total. The van der Waals surface area contributed by atoms with Crippen LogP contribution in [0.5, 0.6) is 0 Å². The Morgan fingerprint density at radius 3 is 2.33 bits per heavy atom. The zero-order valence-electron chi connectivity index (χ0n) is 11.0. The molecule has 1 N–H and O–H groups in total. The summed E-state index contributed by atoms with van der Waals surface area (Å²) in [6.45, 7) is 6.18. The van der Waals surface area contributed by atoms with E-state index >= 15 is 0 Å². The maximum absolute atomic E-state index is 9.31. The summed E-state index contributed by atoms with van der Waals surface area (Å²) in [6.07, 6.45) is 0. The first-order valence-electron chi connectivity index (χ1n) is 6.24. The van der Waals surface area contributed by atoms with Crippen LogP contribution in [0.15, 0.2) is 30.3 Å². The van der Waals surface area contributed by atoms with Gasteiger partial charge in [0.15, 0.2) is 5.82 Å². The molecule has 0 saturated carbocycles. The van der Waals surface area contributed by atoms with Crippen LogP contribution in [0.25, 0.3) is 0 Å². The molecule has 0 aliphatic carbocycles. The van der Waals surface area contributed by atoms with E-state index in [-0.39, 0.29) is 18.6 Å². The molecule has 0 spiro atoms. The molecule has 0 amide bonds. The van der Waals surface area contributed by atoms with Gasteiger partial charge in [-0.05, 0) is 19.4 Å². The van der Waals surface area contributed by atoms with Crippen LogP contribution in [0, 0.1) is 0 Å². The van der Waals surface area contributed by atoms with E-state index in [1.165, 1.54) is 5.56 Å². The van der Waals surface area contributed by atoms with Crippen molar-refractivity contribution in [1.82, 2.24) is 14.8 Å². The van der Waals surface area contributed by atoms with E-state index in [1.807, 2.05) is 22.8 Å². The Labute approximate surface area is 107 Å². The van der Waals surface area contributed by atoms with Crippen LogP contribution in [0.1, 0.15) is 49.9 Å². The largest absolute Gasteiger partial charge is 0.388 e. The number of aromatic nitrogens is 3. The molecular weight excluding hydrogens is 226 g/mol. The molecule has 0 fully saturated rings. The van der Waals surface area contributed by atoms with Gasteiger partial charge in [0.25, 0.3) is 0 Å². The van der Waals surface area contributed by atoms with Crippen LogP contribution < -0.4 is 0 Å². The lowest BCUT2D eigenvalue weighted by molar-refractivity contribution is 0.261. The summed E-state index contributed by atoms with van der Waals surface area (Å²) in [7, 11) is 0. The van der Waals surface area contributed by atoms with Crippen LogP contribution in [0.2, 0.25) is 0 Å². The smallest absolute Gasteiger partial charge is 0.159 e. The van der Waals surface area contributed by atoms with Gasteiger partial charge in [-0.1, -0.05) is 37.3 Å². The Morgan fingerprint density at radius 2 is 1.78 bits per heavy atom. The molecule has 0 aliphatic rings. The van der Waals surface area contributed by atoms with Gasteiger partial charge >= 0.3 is 0 Å². The minimum Gasteiger partial charge on any atom is -0.388 e. The van der Waals surface area contributed by atoms with Crippen LogP contribution in [0.3, 0.4) is 0 Å². The second-order valence-corrected chi connectivity index (χ2v) is 4.73. The molecule has 2 rings (SSSR count). The third kappa shape index (κ3) is 2.29. The van der Waals surface area contributed by atoms with Gasteiger partial charge in [-0.15, -0.1) is 10.2 Å². The first-order chi connectivity index (χ1) is 8.65. The average molecular weight is 245 g/mol. The Kier molecular flexibility index (Phi) is 3.77. The number of aliphatic hydroxyl groups excluding tert-OH is 1. The summed E-state index contributed by atoms with van der Waals surface area (Å²) in [5.41, 5.74) is 1.20. The van der Waals surface area contributed by atoms with E-state index in [4.69, 9.17) is 0 Å². The number of aliphatic hydroxyl groups is 1. The molecule has 0 radical (unpaired) electrons. The Hall–Kier alpha value is -1.68. The molecule has 2 aromatic rings. The van der Waals surface area contributed by atoms with Crippen molar-refractivity contribution < 1.29 is 5.11 Å². The van der Waals surface area contributed by atoms with Gasteiger partial charge in [-0.2, -0.15) is 0 Å². The SMILES string of the molecule is CC(c1ccccc1)c1nnc(CO)n1C(C)C. The Balaban J connectivity index is 2.42. The van der Waals surface area contributed by atoms with Crippen molar-refractivity contribution in [3.05, 3.63) is 47.5 Å². The maximum atomic E-state index is 9.31. The van der Waals surface area contributed by atoms with Crippen LogP contribution >= 0.6 is 0 Å². The van der Waals surface area contributed by atoms with E-state index in [2.05, 4.69) is 43.1 Å². The third-order valence-corrected chi connectivity index (χ3v) is 3.14. The minimum atomic E-state index is -0.0767. The first kappa shape index (κ1) is 12.8. The zero-order chi connectivity index (χ0) is 13.1. The fraction of sp³-hybridized carbons (Fsp3) is 0.429. The fourth-order valence-corrected chi connectivity index (χ4v) is 2.19. The highest BCUT2D eigenvalue weighted by Crippen LogP contribution is 2.25. The topological polar surface area (TPSA) is 50.9 Å². The van der Waals surface area contributed by atoms with Crippen LogP contribution in [-0.2, 0) is 6.61 Å². The molecule has 0 saturated heterocycles. The predicted molar refractivity (Wildman–Crippen MR) is 70.3 cm³/mol. The molecule has 1 unspecified atom stereocenters. The van der Waals surface area contributed by atoms with Crippen molar-refractivity contribution in [1.29, 1.82) is 0 Å². The second-order valence-electron chi connectivity index (χ2n) is 4.73. The molecular formula is C14H19N3O. The predicted octanol–water partition coefficient (Wildman–Crippen LogP) is 2.50. The lowest BCUT2D eigenvalue weighted by Crippen LogP contribution is -2.13. The fourth-order valence-electron chi connectivity index (χ4n) is 2.19. The lowest BCUT2D eigenvalue weighted by Gasteiger charge is -2.17. The van der Waals surface area contributed by atoms with Crippen molar-refractivity contribution in [2.45, 2.75) is 39.3 Å². The van der Waals surface area contributed by atoms with E-state index < -0.39 is 0 Å². The van der Waals surface area contributed by atoms with Gasteiger partial charge in [-0.25, -0.2) is 0 Å². The minimum absolute atomic E-state index is 0.0767. The highest BCUT2D eigenvalue weighted by atomic mass is 16.3. The van der Waals surface area contributed by atoms with E-state index in [9.17, 15) is 5.11 Å². The average Bonchev–Trinajstić information content (AvgIpc) is 2.82. The van der Waals surface area contributed by atoms with Crippen molar-refractivity contribution in [3.63, 3.8) is 0 Å². The van der Waals surface area contributed by atoms with Gasteiger partial charge in [-0.3, -0.25) is 0 Å².